The van der Waals surface area contributed by atoms with Crippen molar-refractivity contribution in [3.63, 3.8) is 0 Å². The van der Waals surface area contributed by atoms with Crippen LogP contribution in [0.3, 0.4) is 0 Å². The number of allylic oxidation sites excluding steroid dienone is 1. The lowest BCUT2D eigenvalue weighted by atomic mass is 10.2. The first kappa shape index (κ1) is 10.1. The zero-order chi connectivity index (χ0) is 10.7. The summed E-state index contributed by atoms with van der Waals surface area (Å²) < 4.78 is 10.8. The van der Waals surface area contributed by atoms with Gasteiger partial charge in [0.2, 0.25) is 0 Å². The molecule has 0 radical (unpaired) electrons. The van der Waals surface area contributed by atoms with E-state index in [0.29, 0.717) is 36.0 Å². The summed E-state index contributed by atoms with van der Waals surface area (Å²) in [5, 5.41) is 0.391. The minimum Gasteiger partial charge on any atom is -0.486 e. The van der Waals surface area contributed by atoms with Gasteiger partial charge in [-0.15, -0.1) is 0 Å². The Bertz CT molecular complexity index is 412. The number of halogens is 1. The van der Waals surface area contributed by atoms with Crippen LogP contribution in [-0.2, 0) is 4.79 Å². The molecule has 0 unspecified atom stereocenters. The molecule has 78 valence electrons. The highest BCUT2D eigenvalue weighted by atomic mass is 35.5. The van der Waals surface area contributed by atoms with E-state index in [4.69, 9.17) is 21.1 Å². The van der Waals surface area contributed by atoms with Crippen molar-refractivity contribution in [1.82, 2.24) is 0 Å². The lowest BCUT2D eigenvalue weighted by Gasteiger charge is -2.18. The first-order valence-corrected chi connectivity index (χ1v) is 4.90. The topological polar surface area (TPSA) is 35.5 Å². The van der Waals surface area contributed by atoms with E-state index >= 15 is 0 Å². The van der Waals surface area contributed by atoms with E-state index in [2.05, 4.69) is 0 Å². The van der Waals surface area contributed by atoms with Gasteiger partial charge in [0, 0.05) is 0 Å². The van der Waals surface area contributed by atoms with Crippen molar-refractivity contribution < 1.29 is 14.3 Å². The molecule has 1 heterocycles. The van der Waals surface area contributed by atoms with Gasteiger partial charge in [-0.05, 0) is 29.8 Å². The highest BCUT2D eigenvalue weighted by molar-refractivity contribution is 6.49. The SMILES string of the molecule is O=C/C=C(\Cl)c1ccc2c(c1)OCCO2. The Morgan fingerprint density at radius 1 is 1.27 bits per heavy atom. The molecule has 0 atom stereocenters. The van der Waals surface area contributed by atoms with E-state index < -0.39 is 0 Å². The number of fused-ring (bicyclic) bond motifs is 1. The number of carbonyl (C=O) groups excluding carboxylic acids is 1. The highest BCUT2D eigenvalue weighted by Crippen LogP contribution is 2.33. The third-order valence-corrected chi connectivity index (χ3v) is 2.38. The lowest BCUT2D eigenvalue weighted by Crippen LogP contribution is -2.15. The van der Waals surface area contributed by atoms with Crippen LogP contribution in [-0.4, -0.2) is 19.5 Å². The van der Waals surface area contributed by atoms with Gasteiger partial charge < -0.3 is 9.47 Å². The molecule has 15 heavy (non-hydrogen) atoms. The number of aldehydes is 1. The minimum atomic E-state index is 0.391. The number of benzene rings is 1. The molecule has 0 spiro atoms. The first-order chi connectivity index (χ1) is 7.31. The molecule has 1 aliphatic rings. The Labute approximate surface area is 92.3 Å². The Kier molecular flexibility index (Phi) is 2.92. The van der Waals surface area contributed by atoms with Gasteiger partial charge in [0.15, 0.2) is 11.5 Å². The number of rotatable bonds is 2. The summed E-state index contributed by atoms with van der Waals surface area (Å²) in [6, 6.07) is 5.33. The highest BCUT2D eigenvalue weighted by Gasteiger charge is 2.12. The van der Waals surface area contributed by atoms with Crippen molar-refractivity contribution in [3.05, 3.63) is 29.8 Å². The van der Waals surface area contributed by atoms with Gasteiger partial charge in [0.05, 0.1) is 5.03 Å². The normalized spacial score (nSPS) is 14.9. The average molecular weight is 225 g/mol. The van der Waals surface area contributed by atoms with Crippen LogP contribution in [0.1, 0.15) is 5.56 Å². The quantitative estimate of drug-likeness (QED) is 0.571. The summed E-state index contributed by atoms with van der Waals surface area (Å²) in [6.45, 7) is 1.09. The Morgan fingerprint density at radius 2 is 2.00 bits per heavy atom. The van der Waals surface area contributed by atoms with E-state index in [1.807, 2.05) is 0 Å². The monoisotopic (exact) mass is 224 g/mol. The van der Waals surface area contributed by atoms with Crippen LogP contribution in [0, 0.1) is 0 Å². The maximum absolute atomic E-state index is 10.3. The molecule has 0 saturated carbocycles. The average Bonchev–Trinajstić information content (AvgIpc) is 2.29. The standard InChI is InChI=1S/C11H9ClO3/c12-9(3-4-13)8-1-2-10-11(7-8)15-6-5-14-10/h1-4,7H,5-6H2/b9-3-. The molecule has 0 amide bonds. The molecule has 0 aromatic heterocycles. The molecule has 1 aromatic rings. The fourth-order valence-electron chi connectivity index (χ4n) is 1.35. The molecular weight excluding hydrogens is 216 g/mol. The Hall–Kier alpha value is -1.48. The molecule has 0 bridgehead atoms. The van der Waals surface area contributed by atoms with Crippen LogP contribution in [0.5, 0.6) is 11.5 Å². The largest absolute Gasteiger partial charge is 0.486 e. The van der Waals surface area contributed by atoms with E-state index in [1.54, 1.807) is 18.2 Å². The van der Waals surface area contributed by atoms with Crippen LogP contribution in [0.15, 0.2) is 24.3 Å². The molecule has 2 rings (SSSR count). The fraction of sp³-hybridized carbons (Fsp3) is 0.182. The van der Waals surface area contributed by atoms with Crippen LogP contribution in [0.4, 0.5) is 0 Å². The lowest BCUT2D eigenvalue weighted by molar-refractivity contribution is -0.104. The third-order valence-electron chi connectivity index (χ3n) is 2.03. The van der Waals surface area contributed by atoms with Crippen LogP contribution >= 0.6 is 11.6 Å². The molecule has 0 aliphatic carbocycles. The van der Waals surface area contributed by atoms with Crippen LogP contribution < -0.4 is 9.47 Å². The van der Waals surface area contributed by atoms with Crippen molar-refractivity contribution in [2.24, 2.45) is 0 Å². The second-order valence-corrected chi connectivity index (χ2v) is 3.42. The van der Waals surface area contributed by atoms with Gasteiger partial charge >= 0.3 is 0 Å². The van der Waals surface area contributed by atoms with Gasteiger partial charge in [0.1, 0.15) is 19.5 Å². The number of carbonyl (C=O) groups is 1. The maximum atomic E-state index is 10.3. The number of ether oxygens (including phenoxy) is 2. The first-order valence-electron chi connectivity index (χ1n) is 4.52. The maximum Gasteiger partial charge on any atom is 0.162 e. The fourth-order valence-corrected chi connectivity index (χ4v) is 1.52. The van der Waals surface area contributed by atoms with Gasteiger partial charge in [-0.25, -0.2) is 0 Å². The van der Waals surface area contributed by atoms with E-state index in [0.717, 1.165) is 5.56 Å². The van der Waals surface area contributed by atoms with Crippen molar-refractivity contribution in [1.29, 1.82) is 0 Å². The van der Waals surface area contributed by atoms with Crippen molar-refractivity contribution >= 4 is 22.9 Å². The van der Waals surface area contributed by atoms with Gasteiger partial charge in [-0.3, -0.25) is 4.79 Å². The predicted molar refractivity (Wildman–Crippen MR) is 57.3 cm³/mol. The van der Waals surface area contributed by atoms with Crippen molar-refractivity contribution in [2.45, 2.75) is 0 Å². The van der Waals surface area contributed by atoms with Crippen molar-refractivity contribution in [3.8, 4) is 11.5 Å². The van der Waals surface area contributed by atoms with Crippen LogP contribution in [0.2, 0.25) is 0 Å². The predicted octanol–water partition coefficient (Wildman–Crippen LogP) is 2.24. The molecular formula is C11H9ClO3. The summed E-state index contributed by atoms with van der Waals surface area (Å²) in [7, 11) is 0. The third kappa shape index (κ3) is 2.13. The van der Waals surface area contributed by atoms with Crippen LogP contribution in [0.25, 0.3) is 5.03 Å². The second kappa shape index (κ2) is 4.36. The summed E-state index contributed by atoms with van der Waals surface area (Å²) >= 11 is 5.88. The summed E-state index contributed by atoms with van der Waals surface area (Å²) in [5.41, 5.74) is 0.744. The smallest absolute Gasteiger partial charge is 0.162 e. The minimum absolute atomic E-state index is 0.391. The van der Waals surface area contributed by atoms with E-state index in [9.17, 15) is 4.79 Å². The van der Waals surface area contributed by atoms with Crippen molar-refractivity contribution in [2.75, 3.05) is 13.2 Å². The number of hydrogen-bond donors (Lipinski definition) is 0. The summed E-state index contributed by atoms with van der Waals surface area (Å²) in [5.74, 6) is 1.37. The van der Waals surface area contributed by atoms with E-state index in [-0.39, 0.29) is 0 Å². The number of hydrogen-bond acceptors (Lipinski definition) is 3. The zero-order valence-corrected chi connectivity index (χ0v) is 8.66. The molecule has 1 aromatic carbocycles. The molecule has 3 nitrogen and oxygen atoms in total. The molecule has 4 heteroatoms. The molecule has 0 saturated heterocycles. The van der Waals surface area contributed by atoms with E-state index in [1.165, 1.54) is 6.08 Å². The summed E-state index contributed by atoms with van der Waals surface area (Å²) in [6.07, 6.45) is 1.95. The second-order valence-electron chi connectivity index (χ2n) is 3.01. The van der Waals surface area contributed by atoms with Gasteiger partial charge in [-0.1, -0.05) is 11.6 Å². The molecule has 0 N–H and O–H groups in total. The zero-order valence-electron chi connectivity index (χ0n) is 7.90. The Morgan fingerprint density at radius 3 is 2.73 bits per heavy atom. The Balaban J connectivity index is 2.35. The van der Waals surface area contributed by atoms with Gasteiger partial charge in [0.25, 0.3) is 0 Å². The molecule has 1 aliphatic heterocycles. The molecule has 0 fully saturated rings. The van der Waals surface area contributed by atoms with Gasteiger partial charge in [-0.2, -0.15) is 0 Å². The summed E-state index contributed by atoms with van der Waals surface area (Å²) in [4.78, 5) is 10.3.